The van der Waals surface area contributed by atoms with Gasteiger partial charge < -0.3 is 19.5 Å². The van der Waals surface area contributed by atoms with Crippen molar-refractivity contribution in [2.24, 2.45) is 0 Å². The van der Waals surface area contributed by atoms with E-state index in [0.717, 1.165) is 11.8 Å². The molecule has 1 aliphatic rings. The summed E-state index contributed by atoms with van der Waals surface area (Å²) in [4.78, 5) is 13.0. The maximum atomic E-state index is 12.2. The predicted molar refractivity (Wildman–Crippen MR) is 86.9 cm³/mol. The molecule has 8 nitrogen and oxygen atoms in total. The fourth-order valence-electron chi connectivity index (χ4n) is 2.72. The maximum absolute atomic E-state index is 12.2. The molecule has 0 aromatic heterocycles. The van der Waals surface area contributed by atoms with Crippen LogP contribution in [0.2, 0.25) is 0 Å². The number of sulfonamides is 1. The molecular formula is C15H22N2O6S. The van der Waals surface area contributed by atoms with Crippen LogP contribution < -0.4 is 4.74 Å². The van der Waals surface area contributed by atoms with Gasteiger partial charge in [-0.3, -0.25) is 0 Å². The lowest BCUT2D eigenvalue weighted by atomic mass is 10.2. The topological polar surface area (TPSA) is 96.4 Å². The molecule has 0 bridgehead atoms. The average Bonchev–Trinajstić information content (AvgIpc) is 3.02. The quantitative estimate of drug-likeness (QED) is 0.749. The first-order valence-electron chi connectivity index (χ1n) is 7.47. The third kappa shape index (κ3) is 4.59. The molecule has 0 saturated carbocycles. The number of benzene rings is 1. The third-order valence-corrected chi connectivity index (χ3v) is 5.22. The van der Waals surface area contributed by atoms with Crippen molar-refractivity contribution in [3.8, 4) is 5.75 Å². The van der Waals surface area contributed by atoms with Crippen LogP contribution in [0.3, 0.4) is 0 Å². The molecule has 1 N–H and O–H groups in total. The summed E-state index contributed by atoms with van der Waals surface area (Å²) in [5.74, 6) is 0.698. The summed E-state index contributed by atoms with van der Waals surface area (Å²) < 4.78 is 35.4. The number of rotatable bonds is 6. The fraction of sp³-hybridized carbons (Fsp3) is 0.533. The fourth-order valence-corrected chi connectivity index (χ4v) is 3.81. The SMILES string of the molecule is COc1ccc(CN(C2CCN(C(=O)OCO)C2)S(C)(=O)=O)cc1. The molecule has 1 atom stereocenters. The highest BCUT2D eigenvalue weighted by atomic mass is 32.2. The summed E-state index contributed by atoms with van der Waals surface area (Å²) >= 11 is 0. The molecule has 1 fully saturated rings. The highest BCUT2D eigenvalue weighted by Gasteiger charge is 2.35. The molecule has 1 amide bonds. The van der Waals surface area contributed by atoms with Crippen LogP contribution in [0.15, 0.2) is 24.3 Å². The van der Waals surface area contributed by atoms with Gasteiger partial charge in [0, 0.05) is 25.7 Å². The molecule has 9 heteroatoms. The van der Waals surface area contributed by atoms with E-state index in [1.54, 1.807) is 19.2 Å². The molecule has 0 aliphatic carbocycles. The van der Waals surface area contributed by atoms with Crippen molar-refractivity contribution in [3.05, 3.63) is 29.8 Å². The molecule has 0 radical (unpaired) electrons. The van der Waals surface area contributed by atoms with Gasteiger partial charge in [0.25, 0.3) is 0 Å². The second-order valence-electron chi connectivity index (χ2n) is 5.58. The minimum Gasteiger partial charge on any atom is -0.497 e. The number of carbonyl (C=O) groups is 1. The molecule has 134 valence electrons. The van der Waals surface area contributed by atoms with E-state index in [-0.39, 0.29) is 19.1 Å². The second-order valence-corrected chi connectivity index (χ2v) is 7.52. The lowest BCUT2D eigenvalue weighted by Gasteiger charge is -2.26. The van der Waals surface area contributed by atoms with E-state index in [1.165, 1.54) is 9.21 Å². The van der Waals surface area contributed by atoms with Crippen molar-refractivity contribution in [2.45, 2.75) is 19.0 Å². The van der Waals surface area contributed by atoms with Crippen molar-refractivity contribution < 1.29 is 27.8 Å². The minimum absolute atomic E-state index is 0.219. The molecule has 2 rings (SSSR count). The summed E-state index contributed by atoms with van der Waals surface area (Å²) in [6, 6.07) is 6.84. The van der Waals surface area contributed by atoms with Crippen LogP contribution >= 0.6 is 0 Å². The van der Waals surface area contributed by atoms with Gasteiger partial charge in [-0.2, -0.15) is 4.31 Å². The van der Waals surface area contributed by atoms with Gasteiger partial charge in [-0.15, -0.1) is 0 Å². The van der Waals surface area contributed by atoms with Gasteiger partial charge in [-0.1, -0.05) is 12.1 Å². The van der Waals surface area contributed by atoms with E-state index in [1.807, 2.05) is 12.1 Å². The summed E-state index contributed by atoms with van der Waals surface area (Å²) in [6.45, 7) is 0.151. The van der Waals surface area contributed by atoms with E-state index in [4.69, 9.17) is 9.84 Å². The van der Waals surface area contributed by atoms with Crippen LogP contribution in [0, 0.1) is 0 Å². The number of likely N-dealkylation sites (tertiary alicyclic amines) is 1. The van der Waals surface area contributed by atoms with Gasteiger partial charge in [0.1, 0.15) is 5.75 Å². The third-order valence-electron chi connectivity index (χ3n) is 3.94. The first-order valence-corrected chi connectivity index (χ1v) is 9.32. The van der Waals surface area contributed by atoms with E-state index in [9.17, 15) is 13.2 Å². The lowest BCUT2D eigenvalue weighted by Crippen LogP contribution is -2.41. The van der Waals surface area contributed by atoms with E-state index in [0.29, 0.717) is 18.7 Å². The van der Waals surface area contributed by atoms with Gasteiger partial charge in [0.2, 0.25) is 10.0 Å². The van der Waals surface area contributed by atoms with Gasteiger partial charge >= 0.3 is 6.09 Å². The van der Waals surface area contributed by atoms with Crippen molar-refractivity contribution in [3.63, 3.8) is 0 Å². The number of nitrogens with zero attached hydrogens (tertiary/aromatic N) is 2. The summed E-state index contributed by atoms with van der Waals surface area (Å²) in [7, 11) is -1.88. The second kappa shape index (κ2) is 7.82. The number of aliphatic hydroxyl groups is 1. The van der Waals surface area contributed by atoms with Gasteiger partial charge in [-0.05, 0) is 24.1 Å². The number of hydrogen-bond donors (Lipinski definition) is 1. The van der Waals surface area contributed by atoms with Gasteiger partial charge in [0.05, 0.1) is 13.4 Å². The Bertz CT molecular complexity index is 661. The Morgan fingerprint density at radius 2 is 2.04 bits per heavy atom. The maximum Gasteiger partial charge on any atom is 0.411 e. The molecule has 1 unspecified atom stereocenters. The van der Waals surface area contributed by atoms with Crippen LogP contribution in [-0.4, -0.2) is 68.1 Å². The van der Waals surface area contributed by atoms with Crippen molar-refractivity contribution in [1.29, 1.82) is 0 Å². The lowest BCUT2D eigenvalue weighted by molar-refractivity contribution is 0.0251. The summed E-state index contributed by atoms with van der Waals surface area (Å²) in [6.07, 6.45) is 1.03. The Hall–Kier alpha value is -1.84. The first-order chi connectivity index (χ1) is 11.3. The molecule has 0 spiro atoms. The summed E-state index contributed by atoms with van der Waals surface area (Å²) in [5, 5.41) is 8.65. The molecule has 24 heavy (non-hydrogen) atoms. The molecule has 1 aliphatic heterocycles. The van der Waals surface area contributed by atoms with Crippen molar-refractivity contribution in [1.82, 2.24) is 9.21 Å². The Labute approximate surface area is 141 Å². The monoisotopic (exact) mass is 358 g/mol. The van der Waals surface area contributed by atoms with E-state index in [2.05, 4.69) is 4.74 Å². The number of methoxy groups -OCH3 is 1. The molecule has 1 aromatic carbocycles. The zero-order valence-electron chi connectivity index (χ0n) is 13.7. The normalized spacial score (nSPS) is 18.0. The Kier molecular flexibility index (Phi) is 6.03. The Morgan fingerprint density at radius 1 is 1.38 bits per heavy atom. The van der Waals surface area contributed by atoms with Crippen LogP contribution in [0.4, 0.5) is 4.79 Å². The molecule has 1 heterocycles. The molecular weight excluding hydrogens is 336 g/mol. The number of amides is 1. The number of hydrogen-bond acceptors (Lipinski definition) is 6. The van der Waals surface area contributed by atoms with Crippen LogP contribution in [0.5, 0.6) is 5.75 Å². The Morgan fingerprint density at radius 3 is 2.58 bits per heavy atom. The molecule has 1 saturated heterocycles. The largest absolute Gasteiger partial charge is 0.497 e. The zero-order chi connectivity index (χ0) is 17.7. The van der Waals surface area contributed by atoms with Gasteiger partial charge in [-0.25, -0.2) is 13.2 Å². The van der Waals surface area contributed by atoms with E-state index < -0.39 is 22.9 Å². The number of ether oxygens (including phenoxy) is 2. The van der Waals surface area contributed by atoms with Crippen LogP contribution in [0.25, 0.3) is 0 Å². The molecule has 1 aromatic rings. The minimum atomic E-state index is -3.45. The van der Waals surface area contributed by atoms with Crippen molar-refractivity contribution >= 4 is 16.1 Å². The Balaban J connectivity index is 2.10. The zero-order valence-corrected chi connectivity index (χ0v) is 14.5. The van der Waals surface area contributed by atoms with Gasteiger partial charge in [0.15, 0.2) is 6.79 Å². The van der Waals surface area contributed by atoms with Crippen LogP contribution in [0.1, 0.15) is 12.0 Å². The highest BCUT2D eigenvalue weighted by molar-refractivity contribution is 7.88. The number of carbonyl (C=O) groups excluding carboxylic acids is 1. The predicted octanol–water partition coefficient (Wildman–Crippen LogP) is 0.617. The average molecular weight is 358 g/mol. The highest BCUT2D eigenvalue weighted by Crippen LogP contribution is 2.22. The smallest absolute Gasteiger partial charge is 0.411 e. The first kappa shape index (κ1) is 18.5. The van der Waals surface area contributed by atoms with E-state index >= 15 is 0 Å². The standard InChI is InChI=1S/C15H22N2O6S/c1-22-14-5-3-12(4-6-14)9-17(24(2,20)21)13-7-8-16(10-13)15(19)23-11-18/h3-6,13,18H,7-11H2,1-2H3. The van der Waals surface area contributed by atoms with Crippen molar-refractivity contribution in [2.75, 3.05) is 33.2 Å². The summed E-state index contributed by atoms with van der Waals surface area (Å²) in [5.41, 5.74) is 0.831. The number of aliphatic hydroxyl groups excluding tert-OH is 1. The van der Waals surface area contributed by atoms with Crippen LogP contribution in [-0.2, 0) is 21.3 Å².